The van der Waals surface area contributed by atoms with Gasteiger partial charge in [0.2, 0.25) is 0 Å². The Bertz CT molecular complexity index is 446. The number of nitrogens with one attached hydrogen (secondary N) is 1. The molecule has 88 valence electrons. The third-order valence-corrected chi connectivity index (χ3v) is 2.81. The molecule has 5 nitrogen and oxygen atoms in total. The molecule has 0 aliphatic heterocycles. The number of hydrogen-bond acceptors (Lipinski definition) is 4. The molecule has 5 heteroatoms. The van der Waals surface area contributed by atoms with Crippen molar-refractivity contribution in [2.75, 3.05) is 5.32 Å². The van der Waals surface area contributed by atoms with Gasteiger partial charge in [-0.3, -0.25) is 4.79 Å². The van der Waals surface area contributed by atoms with Gasteiger partial charge in [-0.05, 0) is 30.9 Å². The minimum atomic E-state index is -0.803. The molecule has 1 aromatic rings. The zero-order valence-electron chi connectivity index (χ0n) is 9.26. The minimum Gasteiger partial charge on any atom is -0.481 e. The van der Waals surface area contributed by atoms with E-state index in [0.29, 0.717) is 17.3 Å². The molecular formula is C12H13N3O2. The lowest BCUT2D eigenvalue weighted by Gasteiger charge is -2.16. The molecule has 1 fully saturated rings. The summed E-state index contributed by atoms with van der Waals surface area (Å²) in [6.45, 7) is 0. The molecule has 0 bridgehead atoms. The van der Waals surface area contributed by atoms with Crippen LogP contribution in [-0.2, 0) is 4.79 Å². The molecular weight excluding hydrogens is 218 g/mol. The third kappa shape index (κ3) is 3.18. The molecule has 1 aromatic heterocycles. The number of carboxylic acids is 1. The van der Waals surface area contributed by atoms with Gasteiger partial charge in [-0.25, -0.2) is 4.98 Å². The first-order valence-corrected chi connectivity index (χ1v) is 5.53. The van der Waals surface area contributed by atoms with Crippen LogP contribution >= 0.6 is 0 Å². The first-order chi connectivity index (χ1) is 8.19. The van der Waals surface area contributed by atoms with Crippen LogP contribution in [0.5, 0.6) is 0 Å². The summed E-state index contributed by atoms with van der Waals surface area (Å²) in [5, 5.41) is 20.6. The number of carboxylic acid groups (broad SMARTS) is 1. The van der Waals surface area contributed by atoms with Crippen molar-refractivity contribution in [1.29, 1.82) is 5.26 Å². The van der Waals surface area contributed by atoms with Gasteiger partial charge >= 0.3 is 5.97 Å². The first kappa shape index (κ1) is 11.4. The smallest absolute Gasteiger partial charge is 0.305 e. The summed E-state index contributed by atoms with van der Waals surface area (Å²) < 4.78 is 0. The van der Waals surface area contributed by atoms with Gasteiger partial charge < -0.3 is 10.4 Å². The number of rotatable bonds is 5. The second kappa shape index (κ2) is 4.83. The highest BCUT2D eigenvalue weighted by Crippen LogP contribution is 2.35. The average molecular weight is 231 g/mol. The summed E-state index contributed by atoms with van der Waals surface area (Å²) in [5.74, 6) is 0.258. The molecule has 0 radical (unpaired) electrons. The Hall–Kier alpha value is -2.09. The number of aliphatic carboxylic acids is 1. The Kier molecular flexibility index (Phi) is 3.24. The highest BCUT2D eigenvalue weighted by molar-refractivity contribution is 5.68. The first-order valence-electron chi connectivity index (χ1n) is 5.53. The van der Waals surface area contributed by atoms with Crippen LogP contribution in [0, 0.1) is 17.2 Å². The number of anilines is 1. The maximum atomic E-state index is 10.7. The summed E-state index contributed by atoms with van der Waals surface area (Å²) >= 11 is 0. The van der Waals surface area contributed by atoms with E-state index < -0.39 is 5.97 Å². The summed E-state index contributed by atoms with van der Waals surface area (Å²) in [4.78, 5) is 14.8. The van der Waals surface area contributed by atoms with Gasteiger partial charge in [0.05, 0.1) is 12.0 Å². The molecule has 0 saturated heterocycles. The second-order valence-electron chi connectivity index (χ2n) is 4.23. The van der Waals surface area contributed by atoms with E-state index in [4.69, 9.17) is 10.4 Å². The summed E-state index contributed by atoms with van der Waals surface area (Å²) in [7, 11) is 0. The molecule has 17 heavy (non-hydrogen) atoms. The van der Waals surface area contributed by atoms with Crippen LogP contribution in [0.15, 0.2) is 18.3 Å². The van der Waals surface area contributed by atoms with E-state index in [1.807, 2.05) is 6.07 Å². The highest BCUT2D eigenvalue weighted by Gasteiger charge is 2.32. The van der Waals surface area contributed by atoms with Crippen molar-refractivity contribution in [2.24, 2.45) is 5.92 Å². The molecule has 1 heterocycles. The van der Waals surface area contributed by atoms with E-state index in [9.17, 15) is 4.79 Å². The normalized spacial score (nSPS) is 15.9. The predicted molar refractivity (Wildman–Crippen MR) is 61.3 cm³/mol. The van der Waals surface area contributed by atoms with Gasteiger partial charge in [0, 0.05) is 12.2 Å². The Morgan fingerprint density at radius 3 is 2.88 bits per heavy atom. The van der Waals surface area contributed by atoms with E-state index in [-0.39, 0.29) is 12.5 Å². The van der Waals surface area contributed by atoms with Crippen LogP contribution in [-0.4, -0.2) is 22.1 Å². The molecule has 2 N–H and O–H groups in total. The number of carbonyl (C=O) groups is 1. The van der Waals surface area contributed by atoms with Crippen molar-refractivity contribution in [2.45, 2.75) is 25.3 Å². The molecule has 1 saturated carbocycles. The van der Waals surface area contributed by atoms with E-state index in [1.165, 1.54) is 6.20 Å². The molecule has 1 atom stereocenters. The molecule has 0 aromatic carbocycles. The highest BCUT2D eigenvalue weighted by atomic mass is 16.4. The Balaban J connectivity index is 2.01. The van der Waals surface area contributed by atoms with Crippen LogP contribution in [0.4, 0.5) is 5.82 Å². The van der Waals surface area contributed by atoms with E-state index in [0.717, 1.165) is 12.8 Å². The van der Waals surface area contributed by atoms with Crippen molar-refractivity contribution in [1.82, 2.24) is 4.98 Å². The van der Waals surface area contributed by atoms with Crippen molar-refractivity contribution >= 4 is 11.8 Å². The van der Waals surface area contributed by atoms with E-state index >= 15 is 0 Å². The zero-order chi connectivity index (χ0) is 12.3. The molecule has 0 amide bonds. The lowest BCUT2D eigenvalue weighted by molar-refractivity contribution is -0.137. The van der Waals surface area contributed by atoms with Gasteiger partial charge in [-0.1, -0.05) is 0 Å². The molecule has 0 spiro atoms. The lowest BCUT2D eigenvalue weighted by Crippen LogP contribution is -2.25. The molecule has 1 aliphatic rings. The van der Waals surface area contributed by atoms with Crippen molar-refractivity contribution < 1.29 is 9.90 Å². The minimum absolute atomic E-state index is 0.0621. The molecule has 2 rings (SSSR count). The fourth-order valence-corrected chi connectivity index (χ4v) is 1.76. The quantitative estimate of drug-likeness (QED) is 0.804. The fraction of sp³-hybridized carbons (Fsp3) is 0.417. The molecule has 1 unspecified atom stereocenters. The van der Waals surface area contributed by atoms with Gasteiger partial charge in [0.1, 0.15) is 11.9 Å². The largest absolute Gasteiger partial charge is 0.481 e. The van der Waals surface area contributed by atoms with Crippen LogP contribution in [0.1, 0.15) is 24.8 Å². The van der Waals surface area contributed by atoms with Gasteiger partial charge in [-0.2, -0.15) is 5.26 Å². The number of hydrogen-bond donors (Lipinski definition) is 2. The van der Waals surface area contributed by atoms with Crippen molar-refractivity contribution in [3.63, 3.8) is 0 Å². The van der Waals surface area contributed by atoms with Gasteiger partial charge in [0.15, 0.2) is 0 Å². The van der Waals surface area contributed by atoms with Crippen LogP contribution in [0.25, 0.3) is 0 Å². The van der Waals surface area contributed by atoms with E-state index in [2.05, 4.69) is 10.3 Å². The third-order valence-electron chi connectivity index (χ3n) is 2.81. The number of pyridine rings is 1. The average Bonchev–Trinajstić information content (AvgIpc) is 3.12. The van der Waals surface area contributed by atoms with Crippen LogP contribution < -0.4 is 5.32 Å². The topological polar surface area (TPSA) is 86.0 Å². The molecule has 1 aliphatic carbocycles. The lowest BCUT2D eigenvalue weighted by atomic mass is 10.1. The Labute approximate surface area is 99.1 Å². The second-order valence-corrected chi connectivity index (χ2v) is 4.23. The fourth-order valence-electron chi connectivity index (χ4n) is 1.76. The van der Waals surface area contributed by atoms with Gasteiger partial charge in [-0.15, -0.1) is 0 Å². The summed E-state index contributed by atoms with van der Waals surface area (Å²) in [6.07, 6.45) is 3.72. The van der Waals surface area contributed by atoms with E-state index in [1.54, 1.807) is 12.1 Å². The monoisotopic (exact) mass is 231 g/mol. The number of nitrogens with zero attached hydrogens (tertiary/aromatic N) is 2. The van der Waals surface area contributed by atoms with Crippen molar-refractivity contribution in [3.05, 3.63) is 23.9 Å². The number of aromatic nitrogens is 1. The summed E-state index contributed by atoms with van der Waals surface area (Å²) in [6, 6.07) is 5.30. The van der Waals surface area contributed by atoms with Crippen molar-refractivity contribution in [3.8, 4) is 6.07 Å². The SMILES string of the molecule is N#Cc1ccc(NC(CC(=O)O)C2CC2)nc1. The Morgan fingerprint density at radius 1 is 1.65 bits per heavy atom. The maximum absolute atomic E-state index is 10.7. The van der Waals surface area contributed by atoms with Crippen LogP contribution in [0.3, 0.4) is 0 Å². The van der Waals surface area contributed by atoms with Crippen LogP contribution in [0.2, 0.25) is 0 Å². The zero-order valence-corrected chi connectivity index (χ0v) is 9.26. The Morgan fingerprint density at radius 2 is 2.41 bits per heavy atom. The standard InChI is InChI=1S/C12H13N3O2/c13-6-8-1-4-11(14-7-8)15-10(5-12(16)17)9-2-3-9/h1,4,7,9-10H,2-3,5H2,(H,14,15)(H,16,17). The maximum Gasteiger partial charge on any atom is 0.305 e. The van der Waals surface area contributed by atoms with Gasteiger partial charge in [0.25, 0.3) is 0 Å². The predicted octanol–water partition coefficient (Wildman–Crippen LogP) is 1.62. The summed E-state index contributed by atoms with van der Waals surface area (Å²) in [5.41, 5.74) is 0.497. The number of nitriles is 1.